The average Bonchev–Trinajstić information content (AvgIpc) is 3.11. The van der Waals surface area contributed by atoms with Crippen LogP contribution in [0.3, 0.4) is 0 Å². The molecule has 0 radical (unpaired) electrons. The SMILES string of the molecule is CCn1c(SC(C)C(=O)Nc2ccccc2C(C)C)nnc1-c1ccccc1. The van der Waals surface area contributed by atoms with Crippen molar-refractivity contribution in [3.8, 4) is 11.4 Å². The number of hydrogen-bond acceptors (Lipinski definition) is 4. The van der Waals surface area contributed by atoms with Crippen molar-refractivity contribution in [2.24, 2.45) is 0 Å². The topological polar surface area (TPSA) is 59.8 Å². The summed E-state index contributed by atoms with van der Waals surface area (Å²) in [5, 5.41) is 12.2. The molecule has 2 aromatic carbocycles. The molecule has 3 rings (SSSR count). The molecule has 0 aliphatic carbocycles. The summed E-state index contributed by atoms with van der Waals surface area (Å²) in [5.74, 6) is 1.13. The fraction of sp³-hybridized carbons (Fsp3) is 0.318. The lowest BCUT2D eigenvalue weighted by Crippen LogP contribution is -2.23. The molecule has 0 saturated heterocycles. The Hall–Kier alpha value is -2.60. The van der Waals surface area contributed by atoms with Gasteiger partial charge in [-0.1, -0.05) is 74.1 Å². The van der Waals surface area contributed by atoms with Crippen LogP contribution in [0.5, 0.6) is 0 Å². The van der Waals surface area contributed by atoms with Gasteiger partial charge in [-0.15, -0.1) is 10.2 Å². The summed E-state index contributed by atoms with van der Waals surface area (Å²) in [4.78, 5) is 12.8. The Bertz CT molecular complexity index is 937. The molecule has 1 aromatic heterocycles. The third kappa shape index (κ3) is 4.44. The van der Waals surface area contributed by atoms with Crippen molar-refractivity contribution < 1.29 is 4.79 Å². The lowest BCUT2D eigenvalue weighted by atomic mass is 10.0. The van der Waals surface area contributed by atoms with Crippen LogP contribution >= 0.6 is 11.8 Å². The second kappa shape index (κ2) is 9.06. The van der Waals surface area contributed by atoms with E-state index in [1.807, 2.05) is 60.0 Å². The van der Waals surface area contributed by atoms with Gasteiger partial charge in [0.2, 0.25) is 5.91 Å². The molecule has 0 aliphatic rings. The fourth-order valence-corrected chi connectivity index (χ4v) is 3.93. The Morgan fingerprint density at radius 3 is 2.39 bits per heavy atom. The van der Waals surface area contributed by atoms with E-state index in [1.165, 1.54) is 11.8 Å². The number of thioether (sulfide) groups is 1. The van der Waals surface area contributed by atoms with Gasteiger partial charge >= 0.3 is 0 Å². The van der Waals surface area contributed by atoms with Crippen LogP contribution in [0, 0.1) is 0 Å². The molecule has 3 aromatic rings. The highest BCUT2D eigenvalue weighted by molar-refractivity contribution is 8.00. The first-order valence-electron chi connectivity index (χ1n) is 9.56. The summed E-state index contributed by atoms with van der Waals surface area (Å²) in [6, 6.07) is 17.9. The second-order valence-electron chi connectivity index (χ2n) is 6.91. The highest BCUT2D eigenvalue weighted by Crippen LogP contribution is 2.28. The van der Waals surface area contributed by atoms with Crippen LogP contribution in [0.15, 0.2) is 59.8 Å². The Morgan fingerprint density at radius 2 is 1.71 bits per heavy atom. The predicted molar refractivity (Wildman–Crippen MR) is 116 cm³/mol. The van der Waals surface area contributed by atoms with Gasteiger partial charge in [-0.2, -0.15) is 0 Å². The van der Waals surface area contributed by atoms with Gasteiger partial charge in [0.05, 0.1) is 5.25 Å². The number of para-hydroxylation sites is 1. The molecule has 1 heterocycles. The number of nitrogens with one attached hydrogen (secondary N) is 1. The number of nitrogens with zero attached hydrogens (tertiary/aromatic N) is 3. The summed E-state index contributed by atoms with van der Waals surface area (Å²) in [6.45, 7) is 8.94. The van der Waals surface area contributed by atoms with Gasteiger partial charge in [0.1, 0.15) is 0 Å². The number of carbonyl (C=O) groups is 1. The van der Waals surface area contributed by atoms with Crippen LogP contribution in [0.25, 0.3) is 11.4 Å². The summed E-state index contributed by atoms with van der Waals surface area (Å²) in [6.07, 6.45) is 0. The van der Waals surface area contributed by atoms with Crippen LogP contribution in [0.1, 0.15) is 39.2 Å². The van der Waals surface area contributed by atoms with Crippen LogP contribution in [-0.2, 0) is 11.3 Å². The van der Waals surface area contributed by atoms with E-state index < -0.39 is 0 Å². The van der Waals surface area contributed by atoms with Gasteiger partial charge in [0.15, 0.2) is 11.0 Å². The third-order valence-corrected chi connectivity index (χ3v) is 5.64. The smallest absolute Gasteiger partial charge is 0.237 e. The summed E-state index contributed by atoms with van der Waals surface area (Å²) in [7, 11) is 0. The first-order valence-corrected chi connectivity index (χ1v) is 10.4. The molecule has 0 fully saturated rings. The number of anilines is 1. The predicted octanol–water partition coefficient (Wildman–Crippen LogP) is 5.21. The molecule has 0 bridgehead atoms. The largest absolute Gasteiger partial charge is 0.325 e. The first kappa shape index (κ1) is 20.1. The zero-order chi connectivity index (χ0) is 20.1. The Labute approximate surface area is 170 Å². The zero-order valence-electron chi connectivity index (χ0n) is 16.7. The fourth-order valence-electron chi connectivity index (χ4n) is 3.02. The lowest BCUT2D eigenvalue weighted by Gasteiger charge is -2.16. The second-order valence-corrected chi connectivity index (χ2v) is 8.22. The van der Waals surface area contributed by atoms with Crippen molar-refractivity contribution in [3.63, 3.8) is 0 Å². The van der Waals surface area contributed by atoms with Gasteiger partial charge in [-0.3, -0.25) is 4.79 Å². The molecular formula is C22H26N4OS. The average molecular weight is 395 g/mol. The van der Waals surface area contributed by atoms with E-state index in [4.69, 9.17) is 0 Å². The molecular weight excluding hydrogens is 368 g/mol. The van der Waals surface area contributed by atoms with Crippen molar-refractivity contribution in [3.05, 3.63) is 60.2 Å². The highest BCUT2D eigenvalue weighted by atomic mass is 32.2. The van der Waals surface area contributed by atoms with Crippen molar-refractivity contribution in [1.29, 1.82) is 0 Å². The Morgan fingerprint density at radius 1 is 1.04 bits per heavy atom. The monoisotopic (exact) mass is 394 g/mol. The van der Waals surface area contributed by atoms with Crippen LogP contribution in [0.2, 0.25) is 0 Å². The van der Waals surface area contributed by atoms with Gasteiger partial charge in [-0.05, 0) is 31.4 Å². The Balaban J connectivity index is 1.76. The maximum Gasteiger partial charge on any atom is 0.237 e. The quantitative estimate of drug-likeness (QED) is 0.559. The van der Waals surface area contributed by atoms with Crippen LogP contribution in [-0.4, -0.2) is 25.9 Å². The van der Waals surface area contributed by atoms with Crippen LogP contribution in [0.4, 0.5) is 5.69 Å². The third-order valence-electron chi connectivity index (χ3n) is 4.56. The van der Waals surface area contributed by atoms with Gasteiger partial charge in [0.25, 0.3) is 0 Å². The molecule has 1 unspecified atom stereocenters. The number of carbonyl (C=O) groups excluding carboxylic acids is 1. The molecule has 0 saturated carbocycles. The molecule has 1 atom stereocenters. The summed E-state index contributed by atoms with van der Waals surface area (Å²) in [5.41, 5.74) is 3.03. The van der Waals surface area contributed by atoms with E-state index in [0.29, 0.717) is 5.92 Å². The van der Waals surface area contributed by atoms with Gasteiger partial charge in [0, 0.05) is 17.8 Å². The normalized spacial score (nSPS) is 12.2. The van der Waals surface area contributed by atoms with E-state index in [1.54, 1.807) is 0 Å². The number of hydrogen-bond donors (Lipinski definition) is 1. The minimum Gasteiger partial charge on any atom is -0.325 e. The number of benzene rings is 2. The van der Waals surface area contributed by atoms with Crippen LogP contribution < -0.4 is 5.32 Å². The van der Waals surface area contributed by atoms with Crippen molar-refractivity contribution in [2.75, 3.05) is 5.32 Å². The van der Waals surface area contributed by atoms with E-state index in [9.17, 15) is 4.79 Å². The maximum atomic E-state index is 12.8. The minimum atomic E-state index is -0.293. The van der Waals surface area contributed by atoms with Crippen molar-refractivity contribution >= 4 is 23.4 Å². The number of rotatable bonds is 7. The maximum absolute atomic E-state index is 12.8. The molecule has 1 amide bonds. The molecule has 146 valence electrons. The van der Waals surface area contributed by atoms with E-state index in [-0.39, 0.29) is 11.2 Å². The van der Waals surface area contributed by atoms with Crippen molar-refractivity contribution in [2.45, 2.75) is 50.6 Å². The van der Waals surface area contributed by atoms with E-state index >= 15 is 0 Å². The lowest BCUT2D eigenvalue weighted by molar-refractivity contribution is -0.115. The van der Waals surface area contributed by atoms with Gasteiger partial charge in [-0.25, -0.2) is 0 Å². The molecule has 5 nitrogen and oxygen atoms in total. The van der Waals surface area contributed by atoms with Crippen molar-refractivity contribution in [1.82, 2.24) is 14.8 Å². The number of aromatic nitrogens is 3. The highest BCUT2D eigenvalue weighted by Gasteiger charge is 2.21. The standard InChI is InChI=1S/C22H26N4OS/c1-5-26-20(17-11-7-6-8-12-17)24-25-22(26)28-16(4)21(27)23-19-14-10-9-13-18(19)15(2)3/h6-16H,5H2,1-4H3,(H,23,27). The molecule has 28 heavy (non-hydrogen) atoms. The van der Waals surface area contributed by atoms with E-state index in [0.717, 1.165) is 34.3 Å². The zero-order valence-corrected chi connectivity index (χ0v) is 17.5. The molecule has 0 aliphatic heterocycles. The summed E-state index contributed by atoms with van der Waals surface area (Å²) >= 11 is 1.43. The van der Waals surface area contributed by atoms with E-state index in [2.05, 4.69) is 42.4 Å². The van der Waals surface area contributed by atoms with Gasteiger partial charge < -0.3 is 9.88 Å². The Kier molecular flexibility index (Phi) is 6.52. The molecule has 1 N–H and O–H groups in total. The summed E-state index contributed by atoms with van der Waals surface area (Å²) < 4.78 is 2.05. The molecule has 0 spiro atoms. The molecule has 6 heteroatoms. The number of amides is 1. The first-order chi connectivity index (χ1) is 13.5. The minimum absolute atomic E-state index is 0.0370.